The molecule has 4 heteroatoms. The Balaban J connectivity index is 3.33. The number of hydrogen-bond acceptors (Lipinski definition) is 4. The summed E-state index contributed by atoms with van der Waals surface area (Å²) in [5.74, 6) is 4.98. The summed E-state index contributed by atoms with van der Waals surface area (Å²) >= 11 is 0. The zero-order valence-corrected chi connectivity index (χ0v) is 8.22. The lowest BCUT2D eigenvalue weighted by atomic mass is 9.96. The van der Waals surface area contributed by atoms with Crippen molar-refractivity contribution >= 4 is 0 Å². The second-order valence-corrected chi connectivity index (χ2v) is 3.63. The molecule has 0 aliphatic carbocycles. The van der Waals surface area contributed by atoms with Crippen molar-refractivity contribution in [1.82, 2.24) is 5.32 Å². The predicted molar refractivity (Wildman–Crippen MR) is 48.7 cm³/mol. The van der Waals surface area contributed by atoms with Crippen molar-refractivity contribution < 1.29 is 9.57 Å². The molecule has 0 aromatic rings. The molecule has 0 radical (unpaired) electrons. The molecular weight excluding hydrogens is 156 g/mol. The Labute approximate surface area is 74.4 Å². The first-order valence-corrected chi connectivity index (χ1v) is 4.16. The van der Waals surface area contributed by atoms with Crippen molar-refractivity contribution in [2.45, 2.75) is 13.8 Å². The second-order valence-electron chi connectivity index (χ2n) is 3.63. The topological polar surface area (TPSA) is 56.5 Å². The molecule has 3 N–H and O–H groups in total. The monoisotopic (exact) mass is 176 g/mol. The minimum Gasteiger partial charge on any atom is -0.379 e. The van der Waals surface area contributed by atoms with Gasteiger partial charge in [0.2, 0.25) is 0 Å². The maximum absolute atomic E-state index is 5.39. The van der Waals surface area contributed by atoms with E-state index >= 15 is 0 Å². The third-order valence-corrected chi connectivity index (χ3v) is 1.46. The van der Waals surface area contributed by atoms with Gasteiger partial charge in [-0.1, -0.05) is 13.8 Å². The summed E-state index contributed by atoms with van der Waals surface area (Å²) < 4.78 is 5.39. The van der Waals surface area contributed by atoms with E-state index in [0.717, 1.165) is 13.2 Å². The van der Waals surface area contributed by atoms with Gasteiger partial charge < -0.3 is 14.9 Å². The zero-order valence-electron chi connectivity index (χ0n) is 8.22. The molecule has 0 rings (SSSR count). The molecule has 0 amide bonds. The van der Waals surface area contributed by atoms with Gasteiger partial charge in [-0.3, -0.25) is 0 Å². The van der Waals surface area contributed by atoms with Crippen molar-refractivity contribution in [3.05, 3.63) is 0 Å². The van der Waals surface area contributed by atoms with Gasteiger partial charge in [0, 0.05) is 12.0 Å². The van der Waals surface area contributed by atoms with E-state index in [4.69, 9.17) is 10.6 Å². The molecule has 0 aliphatic rings. The molecule has 0 saturated carbocycles. The lowest BCUT2D eigenvalue weighted by Gasteiger charge is -2.22. The van der Waals surface area contributed by atoms with Crippen LogP contribution >= 0.6 is 0 Å². The van der Waals surface area contributed by atoms with Gasteiger partial charge in [-0.15, -0.1) is 0 Å². The Hall–Kier alpha value is -0.160. The summed E-state index contributed by atoms with van der Waals surface area (Å²) in [6.45, 7) is 6.90. The van der Waals surface area contributed by atoms with Gasteiger partial charge >= 0.3 is 0 Å². The lowest BCUT2D eigenvalue weighted by molar-refractivity contribution is -0.00285. The van der Waals surface area contributed by atoms with Gasteiger partial charge in [0.1, 0.15) is 0 Å². The average molecular weight is 176 g/mol. The molecule has 4 nitrogen and oxygen atoms in total. The first kappa shape index (κ1) is 11.8. The van der Waals surface area contributed by atoms with Crippen molar-refractivity contribution in [1.29, 1.82) is 0 Å². The molecule has 12 heavy (non-hydrogen) atoms. The number of nitrogens with one attached hydrogen (secondary N) is 1. The van der Waals surface area contributed by atoms with Crippen molar-refractivity contribution in [3.8, 4) is 0 Å². The van der Waals surface area contributed by atoms with Crippen LogP contribution in [0.3, 0.4) is 0 Å². The van der Waals surface area contributed by atoms with E-state index in [1.165, 1.54) is 0 Å². The molecule has 0 atom stereocenters. The minimum absolute atomic E-state index is 0.00247. The van der Waals surface area contributed by atoms with Crippen LogP contribution in [0.5, 0.6) is 0 Å². The van der Waals surface area contributed by atoms with Crippen molar-refractivity contribution in [2.24, 2.45) is 11.3 Å². The first-order valence-electron chi connectivity index (χ1n) is 4.16. The maximum atomic E-state index is 5.39. The molecule has 0 fully saturated rings. The number of rotatable bonds is 7. The van der Waals surface area contributed by atoms with Crippen LogP contribution < -0.4 is 11.2 Å². The standard InChI is InChI=1S/C8H20N2O2/c1-8(2,7-12-9)6-11-5-4-10-3/h10H,4-7,9H2,1-3H3. The van der Waals surface area contributed by atoms with Crippen molar-refractivity contribution in [2.75, 3.05) is 33.4 Å². The minimum atomic E-state index is 0.00247. The molecule has 0 aliphatic heterocycles. The Morgan fingerprint density at radius 1 is 1.33 bits per heavy atom. The van der Waals surface area contributed by atoms with Crippen LogP contribution in [-0.2, 0) is 9.57 Å². The molecule has 74 valence electrons. The van der Waals surface area contributed by atoms with Crippen LogP contribution in [0.25, 0.3) is 0 Å². The van der Waals surface area contributed by atoms with E-state index < -0.39 is 0 Å². The Morgan fingerprint density at radius 2 is 2.00 bits per heavy atom. The van der Waals surface area contributed by atoms with Crippen molar-refractivity contribution in [3.63, 3.8) is 0 Å². The second kappa shape index (κ2) is 6.37. The predicted octanol–water partition coefficient (Wildman–Crippen LogP) is 0.139. The van der Waals surface area contributed by atoms with Gasteiger partial charge in [-0.2, -0.15) is 0 Å². The summed E-state index contributed by atoms with van der Waals surface area (Å²) in [5, 5.41) is 3.01. The normalized spacial score (nSPS) is 12.0. The van der Waals surface area contributed by atoms with Crippen LogP contribution in [0.4, 0.5) is 0 Å². The summed E-state index contributed by atoms with van der Waals surface area (Å²) in [4.78, 5) is 4.57. The molecular formula is C8H20N2O2. The summed E-state index contributed by atoms with van der Waals surface area (Å²) in [6, 6.07) is 0. The number of likely N-dealkylation sites (N-methyl/N-ethyl adjacent to an activating group) is 1. The molecule has 0 spiro atoms. The Morgan fingerprint density at radius 3 is 2.50 bits per heavy atom. The number of nitrogens with two attached hydrogens (primary N) is 1. The average Bonchev–Trinajstić information content (AvgIpc) is 1.98. The van der Waals surface area contributed by atoms with E-state index in [-0.39, 0.29) is 5.41 Å². The molecule has 0 heterocycles. The van der Waals surface area contributed by atoms with Gasteiger partial charge in [0.15, 0.2) is 0 Å². The molecule has 0 unspecified atom stereocenters. The van der Waals surface area contributed by atoms with Crippen LogP contribution in [0.1, 0.15) is 13.8 Å². The zero-order chi connectivity index (χ0) is 9.45. The van der Waals surface area contributed by atoms with Crippen LogP contribution in [0.15, 0.2) is 0 Å². The highest BCUT2D eigenvalue weighted by atomic mass is 16.6. The fourth-order valence-electron chi connectivity index (χ4n) is 0.790. The largest absolute Gasteiger partial charge is 0.379 e. The van der Waals surface area contributed by atoms with E-state index in [1.807, 2.05) is 7.05 Å². The van der Waals surface area contributed by atoms with Crippen LogP contribution in [0.2, 0.25) is 0 Å². The highest BCUT2D eigenvalue weighted by Crippen LogP contribution is 2.14. The van der Waals surface area contributed by atoms with Crippen LogP contribution in [0, 0.1) is 5.41 Å². The van der Waals surface area contributed by atoms with Gasteiger partial charge in [0.05, 0.1) is 19.8 Å². The fourth-order valence-corrected chi connectivity index (χ4v) is 0.790. The van der Waals surface area contributed by atoms with Gasteiger partial charge in [-0.25, -0.2) is 5.90 Å². The lowest BCUT2D eigenvalue weighted by Crippen LogP contribution is -2.28. The SMILES string of the molecule is CNCCOCC(C)(C)CON. The third-order valence-electron chi connectivity index (χ3n) is 1.46. The quantitative estimate of drug-likeness (QED) is 0.428. The highest BCUT2D eigenvalue weighted by Gasteiger charge is 2.17. The first-order chi connectivity index (χ1) is 5.62. The van der Waals surface area contributed by atoms with Gasteiger partial charge in [-0.05, 0) is 7.05 Å². The third kappa shape index (κ3) is 6.54. The molecule has 0 saturated heterocycles. The molecule has 0 aromatic carbocycles. The molecule has 0 bridgehead atoms. The summed E-state index contributed by atoms with van der Waals surface area (Å²) in [6.07, 6.45) is 0. The van der Waals surface area contributed by atoms with E-state index in [0.29, 0.717) is 13.2 Å². The maximum Gasteiger partial charge on any atom is 0.0752 e. The Kier molecular flexibility index (Phi) is 6.28. The van der Waals surface area contributed by atoms with E-state index in [2.05, 4.69) is 24.0 Å². The van der Waals surface area contributed by atoms with E-state index in [9.17, 15) is 0 Å². The number of hydrogen-bond donors (Lipinski definition) is 2. The highest BCUT2D eigenvalue weighted by molar-refractivity contribution is 4.66. The number of ether oxygens (including phenoxy) is 1. The summed E-state index contributed by atoms with van der Waals surface area (Å²) in [7, 11) is 1.90. The fraction of sp³-hybridized carbons (Fsp3) is 1.00. The van der Waals surface area contributed by atoms with Crippen LogP contribution in [-0.4, -0.2) is 33.4 Å². The Bertz CT molecular complexity index is 107. The molecule has 0 aromatic heterocycles. The smallest absolute Gasteiger partial charge is 0.0752 e. The summed E-state index contributed by atoms with van der Waals surface area (Å²) in [5.41, 5.74) is 0.00247. The van der Waals surface area contributed by atoms with E-state index in [1.54, 1.807) is 0 Å². The van der Waals surface area contributed by atoms with Gasteiger partial charge in [0.25, 0.3) is 0 Å².